The molecule has 1 aromatic carbocycles. The predicted octanol–water partition coefficient (Wildman–Crippen LogP) is 3.04. The van der Waals surface area contributed by atoms with Crippen LogP contribution < -0.4 is 11.1 Å². The van der Waals surface area contributed by atoms with Gasteiger partial charge in [0.25, 0.3) is 0 Å². The number of benzene rings is 1. The second kappa shape index (κ2) is 4.78. The van der Waals surface area contributed by atoms with Gasteiger partial charge in [-0.15, -0.1) is 11.3 Å². The van der Waals surface area contributed by atoms with Crippen LogP contribution in [-0.4, -0.2) is 10.9 Å². The summed E-state index contributed by atoms with van der Waals surface area (Å²) in [5.41, 5.74) is 11.1. The SMILES string of the molecule is Cc1cc(C)c(-c2csc(NC(=N)N)n2)cc1C. The molecule has 5 heteroatoms. The van der Waals surface area contributed by atoms with Crippen molar-refractivity contribution in [2.75, 3.05) is 5.32 Å². The van der Waals surface area contributed by atoms with Crippen molar-refractivity contribution in [1.29, 1.82) is 5.41 Å². The number of hydrogen-bond donors (Lipinski definition) is 3. The zero-order valence-electron chi connectivity index (χ0n) is 10.7. The molecule has 0 bridgehead atoms. The van der Waals surface area contributed by atoms with Gasteiger partial charge in [0, 0.05) is 10.9 Å². The van der Waals surface area contributed by atoms with Gasteiger partial charge in [-0.05, 0) is 43.5 Å². The van der Waals surface area contributed by atoms with Crippen molar-refractivity contribution in [3.63, 3.8) is 0 Å². The zero-order chi connectivity index (χ0) is 13.3. The van der Waals surface area contributed by atoms with E-state index < -0.39 is 0 Å². The molecule has 0 spiro atoms. The van der Waals surface area contributed by atoms with Gasteiger partial charge in [-0.3, -0.25) is 5.41 Å². The number of nitrogens with two attached hydrogens (primary N) is 1. The van der Waals surface area contributed by atoms with Gasteiger partial charge in [0.2, 0.25) is 0 Å². The van der Waals surface area contributed by atoms with Gasteiger partial charge in [0.05, 0.1) is 5.69 Å². The number of anilines is 1. The predicted molar refractivity (Wildman–Crippen MR) is 77.3 cm³/mol. The lowest BCUT2D eigenvalue weighted by Gasteiger charge is -2.07. The van der Waals surface area contributed by atoms with Crippen molar-refractivity contribution in [3.8, 4) is 11.3 Å². The maximum Gasteiger partial charge on any atom is 0.192 e. The van der Waals surface area contributed by atoms with E-state index in [1.165, 1.54) is 28.0 Å². The number of nitrogens with zero attached hydrogens (tertiary/aromatic N) is 1. The smallest absolute Gasteiger partial charge is 0.192 e. The van der Waals surface area contributed by atoms with E-state index in [9.17, 15) is 0 Å². The van der Waals surface area contributed by atoms with Crippen LogP contribution in [0.1, 0.15) is 16.7 Å². The van der Waals surface area contributed by atoms with E-state index in [1.54, 1.807) is 0 Å². The molecule has 4 N–H and O–H groups in total. The Kier molecular flexibility index (Phi) is 3.34. The third-order valence-corrected chi connectivity index (χ3v) is 3.62. The zero-order valence-corrected chi connectivity index (χ0v) is 11.5. The van der Waals surface area contributed by atoms with E-state index >= 15 is 0 Å². The molecule has 0 saturated carbocycles. The van der Waals surface area contributed by atoms with Crippen molar-refractivity contribution in [2.45, 2.75) is 20.8 Å². The molecule has 1 aromatic heterocycles. The first-order valence-corrected chi connectivity index (χ1v) is 6.50. The number of thiazole rings is 1. The Morgan fingerprint density at radius 1 is 1.22 bits per heavy atom. The van der Waals surface area contributed by atoms with Crippen LogP contribution in [0.4, 0.5) is 5.13 Å². The number of aromatic nitrogens is 1. The molecule has 0 radical (unpaired) electrons. The van der Waals surface area contributed by atoms with Crippen LogP contribution in [0.5, 0.6) is 0 Å². The van der Waals surface area contributed by atoms with Gasteiger partial charge in [-0.2, -0.15) is 0 Å². The fourth-order valence-corrected chi connectivity index (χ4v) is 2.53. The number of nitrogens with one attached hydrogen (secondary N) is 2. The molecule has 0 aliphatic heterocycles. The van der Waals surface area contributed by atoms with Crippen molar-refractivity contribution >= 4 is 22.4 Å². The highest BCUT2D eigenvalue weighted by Gasteiger charge is 2.09. The summed E-state index contributed by atoms with van der Waals surface area (Å²) in [6.45, 7) is 6.29. The maximum atomic E-state index is 7.18. The monoisotopic (exact) mass is 260 g/mol. The first-order chi connectivity index (χ1) is 8.47. The Morgan fingerprint density at radius 3 is 2.56 bits per heavy atom. The summed E-state index contributed by atoms with van der Waals surface area (Å²) >= 11 is 1.45. The summed E-state index contributed by atoms with van der Waals surface area (Å²) in [4.78, 5) is 4.44. The van der Waals surface area contributed by atoms with Crippen LogP contribution in [0.2, 0.25) is 0 Å². The maximum absolute atomic E-state index is 7.18. The van der Waals surface area contributed by atoms with Gasteiger partial charge in [-0.25, -0.2) is 4.98 Å². The van der Waals surface area contributed by atoms with Gasteiger partial charge < -0.3 is 11.1 Å². The van der Waals surface area contributed by atoms with E-state index in [1.807, 2.05) is 5.38 Å². The summed E-state index contributed by atoms with van der Waals surface area (Å²) in [5.74, 6) is -0.0901. The number of rotatable bonds is 2. The standard InChI is InChI=1S/C13H16N4S/c1-7-4-9(3)10(5-8(7)2)11-6-18-13(16-11)17-12(14)15/h4-6H,1-3H3,(H4,14,15,16,17). The molecule has 94 valence electrons. The third-order valence-electron chi connectivity index (χ3n) is 2.86. The topological polar surface area (TPSA) is 74.8 Å². The lowest BCUT2D eigenvalue weighted by atomic mass is 9.99. The Morgan fingerprint density at radius 2 is 1.89 bits per heavy atom. The Hall–Kier alpha value is -1.88. The summed E-state index contributed by atoms with van der Waals surface area (Å²) < 4.78 is 0. The van der Waals surface area contributed by atoms with E-state index in [2.05, 4.69) is 43.2 Å². The van der Waals surface area contributed by atoms with E-state index in [4.69, 9.17) is 11.1 Å². The molecule has 1 heterocycles. The summed E-state index contributed by atoms with van der Waals surface area (Å²) in [6.07, 6.45) is 0. The normalized spacial score (nSPS) is 10.4. The number of hydrogen-bond acceptors (Lipinski definition) is 3. The van der Waals surface area contributed by atoms with E-state index in [0.717, 1.165) is 11.3 Å². The lowest BCUT2D eigenvalue weighted by Crippen LogP contribution is -2.20. The average molecular weight is 260 g/mol. The minimum Gasteiger partial charge on any atom is -0.370 e. The molecule has 2 rings (SSSR count). The number of guanidine groups is 1. The fraction of sp³-hybridized carbons (Fsp3) is 0.231. The molecule has 18 heavy (non-hydrogen) atoms. The molecule has 0 unspecified atom stereocenters. The van der Waals surface area contributed by atoms with Gasteiger partial charge in [0.15, 0.2) is 11.1 Å². The minimum atomic E-state index is -0.0901. The van der Waals surface area contributed by atoms with Gasteiger partial charge in [0.1, 0.15) is 0 Å². The molecule has 4 nitrogen and oxygen atoms in total. The fourth-order valence-electron chi connectivity index (χ4n) is 1.81. The second-order valence-electron chi connectivity index (χ2n) is 4.33. The molecule has 0 fully saturated rings. The van der Waals surface area contributed by atoms with Gasteiger partial charge >= 0.3 is 0 Å². The highest BCUT2D eigenvalue weighted by atomic mass is 32.1. The lowest BCUT2D eigenvalue weighted by molar-refractivity contribution is 1.28. The van der Waals surface area contributed by atoms with Crippen molar-refractivity contribution in [2.24, 2.45) is 5.73 Å². The highest BCUT2D eigenvalue weighted by molar-refractivity contribution is 7.14. The molecule has 0 atom stereocenters. The molecule has 0 aliphatic carbocycles. The van der Waals surface area contributed by atoms with Gasteiger partial charge in [-0.1, -0.05) is 6.07 Å². The quantitative estimate of drug-likeness (QED) is 0.574. The van der Waals surface area contributed by atoms with Crippen LogP contribution in [-0.2, 0) is 0 Å². The Bertz CT molecular complexity index is 601. The third kappa shape index (κ3) is 2.51. The largest absolute Gasteiger partial charge is 0.370 e. The number of aryl methyl sites for hydroxylation is 3. The first-order valence-electron chi connectivity index (χ1n) is 5.62. The van der Waals surface area contributed by atoms with E-state index in [0.29, 0.717) is 5.13 Å². The molecular formula is C13H16N4S. The molecule has 2 aromatic rings. The Labute approximate surface area is 110 Å². The minimum absolute atomic E-state index is 0.0901. The van der Waals surface area contributed by atoms with Crippen LogP contribution >= 0.6 is 11.3 Å². The highest BCUT2D eigenvalue weighted by Crippen LogP contribution is 2.29. The summed E-state index contributed by atoms with van der Waals surface area (Å²) in [5, 5.41) is 12.5. The second-order valence-corrected chi connectivity index (χ2v) is 5.19. The van der Waals surface area contributed by atoms with Crippen molar-refractivity contribution in [1.82, 2.24) is 4.98 Å². The van der Waals surface area contributed by atoms with Crippen molar-refractivity contribution < 1.29 is 0 Å². The van der Waals surface area contributed by atoms with Crippen LogP contribution in [0, 0.1) is 26.2 Å². The molecule has 0 aliphatic rings. The summed E-state index contributed by atoms with van der Waals surface area (Å²) in [6, 6.07) is 4.32. The van der Waals surface area contributed by atoms with E-state index in [-0.39, 0.29) is 5.96 Å². The molecular weight excluding hydrogens is 244 g/mol. The van der Waals surface area contributed by atoms with Crippen molar-refractivity contribution in [3.05, 3.63) is 34.2 Å². The average Bonchev–Trinajstić information content (AvgIpc) is 2.70. The van der Waals surface area contributed by atoms with Crippen LogP contribution in [0.25, 0.3) is 11.3 Å². The summed E-state index contributed by atoms with van der Waals surface area (Å²) in [7, 11) is 0. The Balaban J connectivity index is 2.40. The van der Waals surface area contributed by atoms with Crippen LogP contribution in [0.15, 0.2) is 17.5 Å². The molecule has 0 saturated heterocycles. The molecule has 0 amide bonds. The van der Waals surface area contributed by atoms with Crippen LogP contribution in [0.3, 0.4) is 0 Å². The first kappa shape index (κ1) is 12.6.